The molecule has 0 atom stereocenters. The van der Waals surface area contributed by atoms with Gasteiger partial charge >= 0.3 is 0 Å². The number of anilines is 3. The molecule has 0 radical (unpaired) electrons. The molecule has 0 amide bonds. The maximum absolute atomic E-state index is 5.17. The highest BCUT2D eigenvalue weighted by Crippen LogP contribution is 2.20. The second-order valence-corrected chi connectivity index (χ2v) is 4.84. The summed E-state index contributed by atoms with van der Waals surface area (Å²) in [6.07, 6.45) is 0. The van der Waals surface area contributed by atoms with Crippen molar-refractivity contribution < 1.29 is 4.74 Å². The normalized spacial score (nSPS) is 10.2. The van der Waals surface area contributed by atoms with Gasteiger partial charge in [0.2, 0.25) is 0 Å². The van der Waals surface area contributed by atoms with Gasteiger partial charge in [0.1, 0.15) is 6.73 Å². The first-order valence-corrected chi connectivity index (χ1v) is 7.49. The summed E-state index contributed by atoms with van der Waals surface area (Å²) in [7, 11) is 0. The first kappa shape index (κ1) is 15.5. The lowest BCUT2D eigenvalue weighted by atomic mass is 10.2. The minimum atomic E-state index is 0.408. The van der Waals surface area contributed by atoms with Gasteiger partial charge in [-0.05, 0) is 36.8 Å². The minimum Gasteiger partial charge on any atom is -0.368 e. The van der Waals surface area contributed by atoms with E-state index in [4.69, 9.17) is 4.74 Å². The number of hydrogen-bond acceptors (Lipinski definition) is 5. The van der Waals surface area contributed by atoms with Crippen LogP contribution in [0.15, 0.2) is 48.5 Å². The third-order valence-electron chi connectivity index (χ3n) is 3.05. The quantitative estimate of drug-likeness (QED) is 0.341. The Morgan fingerprint density at radius 1 is 0.952 bits per heavy atom. The molecule has 0 unspecified atom stereocenters. The smallest absolute Gasteiger partial charge is 0.117 e. The molecule has 0 aliphatic rings. The van der Waals surface area contributed by atoms with E-state index in [1.165, 1.54) is 5.56 Å². The van der Waals surface area contributed by atoms with Gasteiger partial charge in [-0.15, -0.1) is 0 Å². The van der Waals surface area contributed by atoms with E-state index in [0.29, 0.717) is 19.3 Å². The SMILES string of the molecule is Cc1ccc(NCOCS)cc1NCNc1ccccc1. The molecule has 0 saturated carbocycles. The van der Waals surface area contributed by atoms with Gasteiger partial charge in [-0.25, -0.2) is 0 Å². The molecule has 2 aromatic rings. The summed E-state index contributed by atoms with van der Waals surface area (Å²) in [5, 5.41) is 9.90. The molecular formula is C16H21N3OS. The van der Waals surface area contributed by atoms with E-state index in [1.807, 2.05) is 36.4 Å². The third-order valence-corrected chi connectivity index (χ3v) is 3.23. The zero-order valence-electron chi connectivity index (χ0n) is 12.1. The van der Waals surface area contributed by atoms with E-state index in [0.717, 1.165) is 17.1 Å². The van der Waals surface area contributed by atoms with Crippen molar-refractivity contribution in [2.45, 2.75) is 6.92 Å². The van der Waals surface area contributed by atoms with Crippen molar-refractivity contribution >= 4 is 29.7 Å². The molecule has 0 saturated heterocycles. The van der Waals surface area contributed by atoms with Gasteiger partial charge < -0.3 is 20.7 Å². The predicted molar refractivity (Wildman–Crippen MR) is 93.2 cm³/mol. The van der Waals surface area contributed by atoms with Crippen LogP contribution < -0.4 is 16.0 Å². The van der Waals surface area contributed by atoms with Crippen LogP contribution >= 0.6 is 12.6 Å². The van der Waals surface area contributed by atoms with Crippen molar-refractivity contribution in [1.29, 1.82) is 0 Å². The van der Waals surface area contributed by atoms with Crippen LogP contribution in [0.5, 0.6) is 0 Å². The fourth-order valence-corrected chi connectivity index (χ4v) is 1.99. The number of benzene rings is 2. The molecule has 112 valence electrons. The topological polar surface area (TPSA) is 45.3 Å². The van der Waals surface area contributed by atoms with Gasteiger partial charge in [0.25, 0.3) is 0 Å². The van der Waals surface area contributed by atoms with E-state index < -0.39 is 0 Å². The molecule has 21 heavy (non-hydrogen) atoms. The number of nitrogens with one attached hydrogen (secondary N) is 3. The molecule has 2 rings (SSSR count). The second-order valence-electron chi connectivity index (χ2n) is 4.58. The van der Waals surface area contributed by atoms with Crippen molar-refractivity contribution in [3.05, 3.63) is 54.1 Å². The number of thiol groups is 1. The molecule has 0 bridgehead atoms. The van der Waals surface area contributed by atoms with Gasteiger partial charge in [-0.3, -0.25) is 0 Å². The summed E-state index contributed by atoms with van der Waals surface area (Å²) in [4.78, 5) is 0. The molecule has 3 N–H and O–H groups in total. The molecule has 0 aliphatic carbocycles. The molecule has 2 aromatic carbocycles. The standard InChI is InChI=1S/C16H21N3OS/c1-13-7-8-15(19-11-20-12-21)9-16(13)18-10-17-14-5-3-2-4-6-14/h2-9,17-19,21H,10-12H2,1H3. The molecule has 0 fully saturated rings. The van der Waals surface area contributed by atoms with Gasteiger partial charge in [0.05, 0.1) is 12.6 Å². The lowest BCUT2D eigenvalue weighted by Gasteiger charge is -2.14. The van der Waals surface area contributed by atoms with Crippen LogP contribution in [0.2, 0.25) is 0 Å². The summed E-state index contributed by atoms with van der Waals surface area (Å²) in [5.74, 6) is 0.408. The van der Waals surface area contributed by atoms with Crippen LogP contribution in [0.4, 0.5) is 17.1 Å². The molecule has 4 nitrogen and oxygen atoms in total. The van der Waals surface area contributed by atoms with E-state index in [1.54, 1.807) is 0 Å². The molecule has 5 heteroatoms. The Kier molecular flexibility index (Phi) is 6.24. The van der Waals surface area contributed by atoms with Crippen LogP contribution in [0.1, 0.15) is 5.56 Å². The number of aryl methyl sites for hydroxylation is 1. The Morgan fingerprint density at radius 3 is 2.52 bits per heavy atom. The maximum Gasteiger partial charge on any atom is 0.117 e. The molecule has 0 aromatic heterocycles. The third kappa shape index (κ3) is 5.21. The van der Waals surface area contributed by atoms with E-state index in [9.17, 15) is 0 Å². The highest BCUT2D eigenvalue weighted by Gasteiger charge is 2.00. The van der Waals surface area contributed by atoms with Gasteiger partial charge in [-0.2, -0.15) is 12.6 Å². The van der Waals surface area contributed by atoms with Crippen molar-refractivity contribution in [3.63, 3.8) is 0 Å². The van der Waals surface area contributed by atoms with Crippen molar-refractivity contribution in [2.24, 2.45) is 0 Å². The molecule has 0 spiro atoms. The summed E-state index contributed by atoms with van der Waals surface area (Å²) in [6, 6.07) is 16.3. The van der Waals surface area contributed by atoms with Crippen LogP contribution in [0.25, 0.3) is 0 Å². The van der Waals surface area contributed by atoms with E-state index in [2.05, 4.69) is 47.6 Å². The van der Waals surface area contributed by atoms with Crippen molar-refractivity contribution in [1.82, 2.24) is 0 Å². The Hall–Kier alpha value is -1.85. The zero-order chi connectivity index (χ0) is 14.9. The van der Waals surface area contributed by atoms with Gasteiger partial charge in [0, 0.05) is 17.1 Å². The summed E-state index contributed by atoms with van der Waals surface area (Å²) in [5.41, 5.74) is 4.41. The highest BCUT2D eigenvalue weighted by atomic mass is 32.1. The average Bonchev–Trinajstić information content (AvgIpc) is 2.51. The number of ether oxygens (including phenoxy) is 1. The Balaban J connectivity index is 1.88. The molecular weight excluding hydrogens is 282 g/mol. The Morgan fingerprint density at radius 2 is 1.76 bits per heavy atom. The number of rotatable bonds is 8. The van der Waals surface area contributed by atoms with E-state index in [-0.39, 0.29) is 0 Å². The zero-order valence-corrected chi connectivity index (χ0v) is 13.0. The molecule has 0 heterocycles. The first-order chi connectivity index (χ1) is 10.3. The fraction of sp³-hybridized carbons (Fsp3) is 0.250. The Labute approximate surface area is 131 Å². The van der Waals surface area contributed by atoms with E-state index >= 15 is 0 Å². The minimum absolute atomic E-state index is 0.408. The van der Waals surface area contributed by atoms with Crippen molar-refractivity contribution in [2.75, 3.05) is 35.3 Å². The monoisotopic (exact) mass is 303 g/mol. The maximum atomic E-state index is 5.17. The predicted octanol–water partition coefficient (Wildman–Crippen LogP) is 3.75. The van der Waals surface area contributed by atoms with Crippen LogP contribution in [0.3, 0.4) is 0 Å². The van der Waals surface area contributed by atoms with Gasteiger partial charge in [0.15, 0.2) is 0 Å². The summed E-state index contributed by atoms with van der Waals surface area (Å²) in [6.45, 7) is 3.20. The van der Waals surface area contributed by atoms with Crippen LogP contribution in [-0.4, -0.2) is 19.3 Å². The first-order valence-electron chi connectivity index (χ1n) is 6.85. The summed E-state index contributed by atoms with van der Waals surface area (Å²) >= 11 is 4.00. The van der Waals surface area contributed by atoms with Crippen molar-refractivity contribution in [3.8, 4) is 0 Å². The average molecular weight is 303 g/mol. The van der Waals surface area contributed by atoms with Crippen LogP contribution in [0, 0.1) is 6.92 Å². The lowest BCUT2D eigenvalue weighted by molar-refractivity contribution is 0.205. The molecule has 0 aliphatic heterocycles. The second kappa shape index (κ2) is 8.44. The highest BCUT2D eigenvalue weighted by molar-refractivity contribution is 7.80. The number of para-hydroxylation sites is 1. The summed E-state index contributed by atoms with van der Waals surface area (Å²) < 4.78 is 5.17. The van der Waals surface area contributed by atoms with Gasteiger partial charge in [-0.1, -0.05) is 24.3 Å². The fourth-order valence-electron chi connectivity index (χ4n) is 1.90. The number of hydrogen-bond donors (Lipinski definition) is 4. The largest absolute Gasteiger partial charge is 0.368 e. The Bertz CT molecular complexity index is 548. The lowest BCUT2D eigenvalue weighted by Crippen LogP contribution is -2.13. The van der Waals surface area contributed by atoms with Crippen LogP contribution in [-0.2, 0) is 4.74 Å².